The van der Waals surface area contributed by atoms with Crippen LogP contribution in [-0.2, 0) is 9.59 Å². The maximum absolute atomic E-state index is 13.6. The van der Waals surface area contributed by atoms with E-state index in [4.69, 9.17) is 0 Å². The maximum Gasteiger partial charge on any atom is 0.240 e. The third kappa shape index (κ3) is 6.52. The van der Waals surface area contributed by atoms with E-state index in [9.17, 15) is 18.8 Å². The average molecular weight is 537 g/mol. The first-order chi connectivity index (χ1) is 19.5. The predicted octanol–water partition coefficient (Wildman–Crippen LogP) is 5.92. The molecule has 0 aromatic heterocycles. The number of halogens is 1. The van der Waals surface area contributed by atoms with E-state index in [2.05, 4.69) is 29.6 Å². The van der Waals surface area contributed by atoms with E-state index in [1.54, 1.807) is 24.3 Å². The Morgan fingerprint density at radius 2 is 1.57 bits per heavy atom. The van der Waals surface area contributed by atoms with Crippen LogP contribution in [-0.4, -0.2) is 48.0 Å². The maximum atomic E-state index is 13.6. The lowest BCUT2D eigenvalue weighted by Gasteiger charge is -2.29. The SMILES string of the molecule is O=CC[C@@H]1N[C@H](CCC(=O)c2ccc3cc(F)ccc3c2)CCN(CC(c2ccccc2)c2ccccc2)C1=O. The molecule has 1 fully saturated rings. The van der Waals surface area contributed by atoms with Gasteiger partial charge in [-0.2, -0.15) is 0 Å². The number of carbonyl (C=O) groups excluding carboxylic acids is 3. The lowest BCUT2D eigenvalue weighted by Crippen LogP contribution is -2.47. The number of aldehydes is 1. The zero-order valence-corrected chi connectivity index (χ0v) is 22.3. The van der Waals surface area contributed by atoms with Crippen LogP contribution in [0.5, 0.6) is 0 Å². The standard InChI is InChI=1S/C34H33FN2O3/c35-29-14-13-26-21-28(12-11-27(26)22-29)33(39)16-15-30-17-19-37(34(40)32(36-30)18-20-38)23-31(24-7-3-1-4-8-24)25-9-5-2-6-10-25/h1-14,20-22,30-32,36H,15-19,23H2/t30-,32+/m1/s1. The fourth-order valence-electron chi connectivity index (χ4n) is 5.59. The van der Waals surface area contributed by atoms with Crippen molar-refractivity contribution in [2.75, 3.05) is 13.1 Å². The van der Waals surface area contributed by atoms with Crippen molar-refractivity contribution in [3.05, 3.63) is 120 Å². The van der Waals surface area contributed by atoms with Gasteiger partial charge in [-0.1, -0.05) is 78.9 Å². The minimum Gasteiger partial charge on any atom is -0.340 e. The number of nitrogens with one attached hydrogen (secondary N) is 1. The van der Waals surface area contributed by atoms with E-state index in [1.165, 1.54) is 12.1 Å². The molecule has 1 saturated heterocycles. The third-order valence-corrected chi connectivity index (χ3v) is 7.78. The van der Waals surface area contributed by atoms with Crippen LogP contribution in [0.15, 0.2) is 97.1 Å². The molecule has 0 radical (unpaired) electrons. The summed E-state index contributed by atoms with van der Waals surface area (Å²) >= 11 is 0. The van der Waals surface area contributed by atoms with E-state index in [-0.39, 0.29) is 35.9 Å². The van der Waals surface area contributed by atoms with Crippen LogP contribution in [0.1, 0.15) is 53.1 Å². The van der Waals surface area contributed by atoms with Crippen molar-refractivity contribution < 1.29 is 18.8 Å². The van der Waals surface area contributed by atoms with Gasteiger partial charge >= 0.3 is 0 Å². The Bertz CT molecular complexity index is 1440. The predicted molar refractivity (Wildman–Crippen MR) is 155 cm³/mol. The first-order valence-electron chi connectivity index (χ1n) is 13.8. The Kier molecular flexibility index (Phi) is 8.77. The van der Waals surface area contributed by atoms with E-state index in [1.807, 2.05) is 41.3 Å². The number of hydrogen-bond acceptors (Lipinski definition) is 4. The summed E-state index contributed by atoms with van der Waals surface area (Å²) in [6.07, 6.45) is 2.41. The van der Waals surface area contributed by atoms with Crippen LogP contribution in [0.3, 0.4) is 0 Å². The highest BCUT2D eigenvalue weighted by Crippen LogP contribution is 2.27. The molecule has 5 nitrogen and oxygen atoms in total. The van der Waals surface area contributed by atoms with Crippen molar-refractivity contribution in [2.24, 2.45) is 0 Å². The Morgan fingerprint density at radius 3 is 2.25 bits per heavy atom. The molecule has 0 bridgehead atoms. The summed E-state index contributed by atoms with van der Waals surface area (Å²) in [6, 6.07) is 29.4. The largest absolute Gasteiger partial charge is 0.340 e. The van der Waals surface area contributed by atoms with Gasteiger partial charge in [0.1, 0.15) is 12.1 Å². The molecule has 1 heterocycles. The monoisotopic (exact) mass is 536 g/mol. The Morgan fingerprint density at radius 1 is 0.925 bits per heavy atom. The quantitative estimate of drug-likeness (QED) is 0.202. The van der Waals surface area contributed by atoms with Gasteiger partial charge in [0.25, 0.3) is 0 Å². The molecule has 0 spiro atoms. The number of ketones is 1. The molecule has 2 atom stereocenters. The highest BCUT2D eigenvalue weighted by atomic mass is 19.1. The molecule has 40 heavy (non-hydrogen) atoms. The number of nitrogens with zero attached hydrogens (tertiary/aromatic N) is 1. The zero-order chi connectivity index (χ0) is 27.9. The van der Waals surface area contributed by atoms with Crippen LogP contribution in [0.4, 0.5) is 4.39 Å². The second-order valence-corrected chi connectivity index (χ2v) is 10.4. The van der Waals surface area contributed by atoms with Gasteiger partial charge in [0, 0.05) is 43.5 Å². The number of amides is 1. The molecule has 0 saturated carbocycles. The Hall–Kier alpha value is -4.16. The molecular weight excluding hydrogens is 503 g/mol. The summed E-state index contributed by atoms with van der Waals surface area (Å²) in [5, 5.41) is 4.95. The molecular formula is C34H33FN2O3. The number of rotatable bonds is 10. The fourth-order valence-corrected chi connectivity index (χ4v) is 5.59. The smallest absolute Gasteiger partial charge is 0.240 e. The van der Waals surface area contributed by atoms with Gasteiger partial charge in [-0.15, -0.1) is 0 Å². The van der Waals surface area contributed by atoms with Gasteiger partial charge < -0.3 is 15.0 Å². The fraction of sp³-hybridized carbons (Fsp3) is 0.265. The molecule has 4 aromatic rings. The topological polar surface area (TPSA) is 66.5 Å². The summed E-state index contributed by atoms with van der Waals surface area (Å²) in [4.78, 5) is 40.0. The van der Waals surface area contributed by atoms with E-state index < -0.39 is 6.04 Å². The van der Waals surface area contributed by atoms with Gasteiger partial charge in [-0.3, -0.25) is 9.59 Å². The van der Waals surface area contributed by atoms with Crippen molar-refractivity contribution in [3.63, 3.8) is 0 Å². The molecule has 204 valence electrons. The van der Waals surface area contributed by atoms with Crippen molar-refractivity contribution in [1.29, 1.82) is 0 Å². The summed E-state index contributed by atoms with van der Waals surface area (Å²) < 4.78 is 13.5. The lowest BCUT2D eigenvalue weighted by atomic mass is 9.90. The number of benzene rings is 4. The van der Waals surface area contributed by atoms with Crippen LogP contribution < -0.4 is 5.32 Å². The summed E-state index contributed by atoms with van der Waals surface area (Å²) in [5.41, 5.74) is 2.85. The molecule has 1 amide bonds. The molecule has 1 aliphatic heterocycles. The second kappa shape index (κ2) is 12.8. The van der Waals surface area contributed by atoms with Gasteiger partial charge in [0.05, 0.1) is 6.04 Å². The summed E-state index contributed by atoms with van der Waals surface area (Å²) in [7, 11) is 0. The van der Waals surface area contributed by atoms with E-state index in [0.717, 1.165) is 28.2 Å². The zero-order valence-electron chi connectivity index (χ0n) is 22.3. The van der Waals surface area contributed by atoms with Gasteiger partial charge in [-0.25, -0.2) is 4.39 Å². The van der Waals surface area contributed by atoms with Crippen molar-refractivity contribution in [2.45, 2.75) is 43.7 Å². The van der Waals surface area contributed by atoms with Crippen LogP contribution in [0.25, 0.3) is 10.8 Å². The first-order valence-corrected chi connectivity index (χ1v) is 13.8. The van der Waals surface area contributed by atoms with Crippen molar-refractivity contribution >= 4 is 28.7 Å². The highest BCUT2D eigenvalue weighted by molar-refractivity contribution is 6.00. The Labute approximate surface area is 234 Å². The summed E-state index contributed by atoms with van der Waals surface area (Å²) in [5.74, 6) is -0.388. The second-order valence-electron chi connectivity index (χ2n) is 10.4. The van der Waals surface area contributed by atoms with Crippen LogP contribution >= 0.6 is 0 Å². The van der Waals surface area contributed by atoms with Crippen LogP contribution in [0.2, 0.25) is 0 Å². The first kappa shape index (κ1) is 27.4. The van der Waals surface area contributed by atoms with Crippen LogP contribution in [0, 0.1) is 5.82 Å². The molecule has 5 rings (SSSR count). The summed E-state index contributed by atoms with van der Waals surface area (Å²) in [6.45, 7) is 1.05. The normalized spacial score (nSPS) is 17.6. The Balaban J connectivity index is 1.29. The highest BCUT2D eigenvalue weighted by Gasteiger charge is 2.32. The van der Waals surface area contributed by atoms with Gasteiger partial charge in [0.15, 0.2) is 5.78 Å². The van der Waals surface area contributed by atoms with E-state index in [0.29, 0.717) is 37.9 Å². The lowest BCUT2D eigenvalue weighted by molar-refractivity contribution is -0.133. The molecule has 6 heteroatoms. The number of hydrogen-bond donors (Lipinski definition) is 1. The minimum atomic E-state index is -0.622. The molecule has 4 aromatic carbocycles. The van der Waals surface area contributed by atoms with Crippen molar-refractivity contribution in [1.82, 2.24) is 10.2 Å². The van der Waals surface area contributed by atoms with E-state index >= 15 is 0 Å². The molecule has 1 N–H and O–H groups in total. The number of fused-ring (bicyclic) bond motifs is 1. The number of carbonyl (C=O) groups is 3. The average Bonchev–Trinajstić information content (AvgIpc) is 3.13. The van der Waals surface area contributed by atoms with Gasteiger partial charge in [0.2, 0.25) is 5.91 Å². The third-order valence-electron chi connectivity index (χ3n) is 7.78. The molecule has 1 aliphatic rings. The van der Waals surface area contributed by atoms with Gasteiger partial charge in [-0.05, 0) is 52.9 Å². The minimum absolute atomic E-state index is 0.000566. The molecule has 0 aliphatic carbocycles. The number of Topliss-reactive ketones (excluding diaryl/α,β-unsaturated/α-hetero) is 1. The van der Waals surface area contributed by atoms with Crippen molar-refractivity contribution in [3.8, 4) is 0 Å². The molecule has 0 unspecified atom stereocenters.